The Kier molecular flexibility index (Phi) is 5.71. The first-order valence-corrected chi connectivity index (χ1v) is 10.4. The van der Waals surface area contributed by atoms with Crippen molar-refractivity contribution in [3.05, 3.63) is 89.6 Å². The van der Waals surface area contributed by atoms with Gasteiger partial charge in [-0.1, -0.05) is 36.4 Å². The molecule has 0 saturated carbocycles. The first-order chi connectivity index (χ1) is 15.0. The summed E-state index contributed by atoms with van der Waals surface area (Å²) in [6.07, 6.45) is 0. The van der Waals surface area contributed by atoms with E-state index in [1.807, 2.05) is 94.4 Å². The summed E-state index contributed by atoms with van der Waals surface area (Å²) in [5, 5.41) is 8.32. The van der Waals surface area contributed by atoms with E-state index in [-0.39, 0.29) is 18.5 Å². The van der Waals surface area contributed by atoms with Crippen molar-refractivity contribution < 1.29 is 9.21 Å². The van der Waals surface area contributed by atoms with Crippen molar-refractivity contribution in [2.75, 3.05) is 0 Å². The molecule has 2 aromatic carbocycles. The highest BCUT2D eigenvalue weighted by Crippen LogP contribution is 2.24. The molecule has 0 unspecified atom stereocenters. The number of carbonyl (C=O) groups is 1. The third-order valence-electron chi connectivity index (χ3n) is 5.35. The van der Waals surface area contributed by atoms with Gasteiger partial charge in [-0.15, -0.1) is 10.2 Å². The number of amides is 1. The predicted octanol–water partition coefficient (Wildman–Crippen LogP) is 5.19. The number of aromatic nitrogens is 3. The van der Waals surface area contributed by atoms with Crippen LogP contribution in [0.25, 0.3) is 17.1 Å². The number of benzene rings is 2. The lowest BCUT2D eigenvalue weighted by Crippen LogP contribution is -2.36. The van der Waals surface area contributed by atoms with E-state index in [4.69, 9.17) is 4.42 Å². The molecule has 158 valence electrons. The molecule has 6 nitrogen and oxygen atoms in total. The summed E-state index contributed by atoms with van der Waals surface area (Å²) in [6, 6.07) is 21.6. The first-order valence-electron chi connectivity index (χ1n) is 10.4. The molecule has 0 radical (unpaired) electrons. The van der Waals surface area contributed by atoms with E-state index in [1.165, 1.54) is 0 Å². The number of nitrogens with zero attached hydrogens (tertiary/aromatic N) is 4. The molecule has 0 atom stereocenters. The SMILES string of the molecule is Cc1cc(C(=O)N(Cc2nnc(-c3ccccc3)o2)C(C)C)c(C)n1-c1ccccc1. The lowest BCUT2D eigenvalue weighted by Gasteiger charge is -2.25. The van der Waals surface area contributed by atoms with Crippen LogP contribution in [0.5, 0.6) is 0 Å². The molecule has 0 aliphatic heterocycles. The zero-order chi connectivity index (χ0) is 22.0. The lowest BCUT2D eigenvalue weighted by molar-refractivity contribution is 0.0671. The minimum atomic E-state index is -0.0512. The molecule has 31 heavy (non-hydrogen) atoms. The highest BCUT2D eigenvalue weighted by molar-refractivity contribution is 5.96. The largest absolute Gasteiger partial charge is 0.419 e. The number of para-hydroxylation sites is 1. The number of rotatable bonds is 6. The van der Waals surface area contributed by atoms with Gasteiger partial charge in [0.1, 0.15) is 0 Å². The van der Waals surface area contributed by atoms with E-state index in [9.17, 15) is 4.79 Å². The van der Waals surface area contributed by atoms with Crippen LogP contribution >= 0.6 is 0 Å². The Morgan fingerprint density at radius 1 is 1.00 bits per heavy atom. The molecule has 2 aromatic heterocycles. The maximum absolute atomic E-state index is 13.5. The number of aryl methyl sites for hydroxylation is 1. The smallest absolute Gasteiger partial charge is 0.256 e. The lowest BCUT2D eigenvalue weighted by atomic mass is 10.2. The van der Waals surface area contributed by atoms with Gasteiger partial charge in [-0.05, 0) is 58.0 Å². The van der Waals surface area contributed by atoms with E-state index in [1.54, 1.807) is 4.90 Å². The monoisotopic (exact) mass is 414 g/mol. The molecule has 2 heterocycles. The fourth-order valence-corrected chi connectivity index (χ4v) is 3.76. The standard InChI is InChI=1S/C25H26N4O2/c1-17(2)28(16-23-26-27-24(31-23)20-11-7-5-8-12-20)25(30)22-15-18(3)29(19(22)4)21-13-9-6-10-14-21/h5-15,17H,16H2,1-4H3. The average Bonchev–Trinajstić information content (AvgIpc) is 3.36. The molecule has 4 rings (SSSR count). The minimum Gasteiger partial charge on any atom is -0.419 e. The zero-order valence-electron chi connectivity index (χ0n) is 18.2. The van der Waals surface area contributed by atoms with Gasteiger partial charge in [0.05, 0.1) is 12.1 Å². The Morgan fingerprint density at radius 3 is 2.29 bits per heavy atom. The van der Waals surface area contributed by atoms with Crippen LogP contribution in [0.3, 0.4) is 0 Å². The van der Waals surface area contributed by atoms with E-state index >= 15 is 0 Å². The molecular weight excluding hydrogens is 388 g/mol. The molecule has 0 aliphatic rings. The third kappa shape index (κ3) is 4.14. The van der Waals surface area contributed by atoms with Crippen molar-refractivity contribution in [2.24, 2.45) is 0 Å². The maximum atomic E-state index is 13.5. The molecule has 0 aliphatic carbocycles. The predicted molar refractivity (Wildman–Crippen MR) is 120 cm³/mol. The first kappa shape index (κ1) is 20.6. The van der Waals surface area contributed by atoms with Crippen molar-refractivity contribution >= 4 is 5.91 Å². The average molecular weight is 415 g/mol. The second-order valence-electron chi connectivity index (χ2n) is 7.85. The van der Waals surface area contributed by atoms with Crippen LogP contribution in [0, 0.1) is 13.8 Å². The Hall–Kier alpha value is -3.67. The van der Waals surface area contributed by atoms with Crippen molar-refractivity contribution in [3.8, 4) is 17.1 Å². The Bertz CT molecular complexity index is 1180. The van der Waals surface area contributed by atoms with Crippen LogP contribution in [0.4, 0.5) is 0 Å². The number of hydrogen-bond donors (Lipinski definition) is 0. The molecule has 0 fully saturated rings. The van der Waals surface area contributed by atoms with E-state index in [0.717, 1.165) is 22.6 Å². The summed E-state index contributed by atoms with van der Waals surface area (Å²) in [4.78, 5) is 15.3. The van der Waals surface area contributed by atoms with Crippen molar-refractivity contribution in [2.45, 2.75) is 40.3 Å². The third-order valence-corrected chi connectivity index (χ3v) is 5.35. The fraction of sp³-hybridized carbons (Fsp3) is 0.240. The Balaban J connectivity index is 1.61. The molecular formula is C25H26N4O2. The number of carbonyl (C=O) groups excluding carboxylic acids is 1. The summed E-state index contributed by atoms with van der Waals surface area (Å²) < 4.78 is 7.95. The maximum Gasteiger partial charge on any atom is 0.256 e. The molecule has 1 amide bonds. The quantitative estimate of drug-likeness (QED) is 0.435. The van der Waals surface area contributed by atoms with Crippen molar-refractivity contribution in [1.29, 1.82) is 0 Å². The van der Waals surface area contributed by atoms with Crippen LogP contribution in [-0.4, -0.2) is 31.6 Å². The van der Waals surface area contributed by atoms with Gasteiger partial charge in [-0.3, -0.25) is 4.79 Å². The van der Waals surface area contributed by atoms with Gasteiger partial charge >= 0.3 is 0 Å². The number of hydrogen-bond acceptors (Lipinski definition) is 4. The summed E-state index contributed by atoms with van der Waals surface area (Å²) in [6.45, 7) is 8.23. The molecule has 6 heteroatoms. The zero-order valence-corrected chi connectivity index (χ0v) is 18.2. The van der Waals surface area contributed by atoms with E-state index < -0.39 is 0 Å². The highest BCUT2D eigenvalue weighted by Gasteiger charge is 2.25. The van der Waals surface area contributed by atoms with Gasteiger partial charge in [-0.25, -0.2) is 0 Å². The normalized spacial score (nSPS) is 11.1. The molecule has 0 N–H and O–H groups in total. The van der Waals surface area contributed by atoms with Gasteiger partial charge in [-0.2, -0.15) is 0 Å². The van der Waals surface area contributed by atoms with Crippen LogP contribution in [0.2, 0.25) is 0 Å². The van der Waals surface area contributed by atoms with Gasteiger partial charge in [0.15, 0.2) is 0 Å². The summed E-state index contributed by atoms with van der Waals surface area (Å²) >= 11 is 0. The van der Waals surface area contributed by atoms with Crippen LogP contribution in [0.15, 0.2) is 71.1 Å². The second kappa shape index (κ2) is 8.60. The summed E-state index contributed by atoms with van der Waals surface area (Å²) in [5.41, 5.74) is 4.50. The van der Waals surface area contributed by atoms with Crippen molar-refractivity contribution in [3.63, 3.8) is 0 Å². The van der Waals surface area contributed by atoms with Crippen LogP contribution in [0.1, 0.15) is 41.5 Å². The van der Waals surface area contributed by atoms with E-state index in [0.29, 0.717) is 17.3 Å². The molecule has 0 spiro atoms. The van der Waals surface area contributed by atoms with Gasteiger partial charge in [0.2, 0.25) is 11.8 Å². The minimum absolute atomic E-state index is 0.0284. The highest BCUT2D eigenvalue weighted by atomic mass is 16.4. The summed E-state index contributed by atoms with van der Waals surface area (Å²) in [7, 11) is 0. The van der Waals surface area contributed by atoms with E-state index in [2.05, 4.69) is 14.8 Å². The fourth-order valence-electron chi connectivity index (χ4n) is 3.76. The van der Waals surface area contributed by atoms with Gasteiger partial charge < -0.3 is 13.9 Å². The molecule has 0 saturated heterocycles. The summed E-state index contributed by atoms with van der Waals surface area (Å²) in [5.74, 6) is 0.816. The van der Waals surface area contributed by atoms with Gasteiger partial charge in [0.25, 0.3) is 5.91 Å². The molecule has 4 aromatic rings. The van der Waals surface area contributed by atoms with Crippen LogP contribution in [-0.2, 0) is 6.54 Å². The van der Waals surface area contributed by atoms with Gasteiger partial charge in [0, 0.05) is 28.7 Å². The Morgan fingerprint density at radius 2 is 1.65 bits per heavy atom. The van der Waals surface area contributed by atoms with Crippen LogP contribution < -0.4 is 0 Å². The topological polar surface area (TPSA) is 64.2 Å². The van der Waals surface area contributed by atoms with Crippen molar-refractivity contribution in [1.82, 2.24) is 19.7 Å². The Labute approximate surface area is 182 Å². The second-order valence-corrected chi connectivity index (χ2v) is 7.85. The molecule has 0 bridgehead atoms.